The third kappa shape index (κ3) is 3.87. The summed E-state index contributed by atoms with van der Waals surface area (Å²) < 4.78 is 10.4. The van der Waals surface area contributed by atoms with Crippen LogP contribution in [0.2, 0.25) is 0 Å². The number of rotatable bonds is 5. The summed E-state index contributed by atoms with van der Waals surface area (Å²) >= 11 is 0. The molecule has 6 heteroatoms. The first-order valence-electron chi connectivity index (χ1n) is 6.51. The number of ether oxygens (including phenoxy) is 2. The highest BCUT2D eigenvalue weighted by Gasteiger charge is 2.34. The van der Waals surface area contributed by atoms with Gasteiger partial charge in [-0.2, -0.15) is 0 Å². The highest BCUT2D eigenvalue weighted by Crippen LogP contribution is 2.23. The van der Waals surface area contributed by atoms with Gasteiger partial charge in [0.25, 0.3) is 6.02 Å². The molecule has 108 valence electrons. The summed E-state index contributed by atoms with van der Waals surface area (Å²) in [6.45, 7) is 8.58. The van der Waals surface area contributed by atoms with Gasteiger partial charge in [-0.05, 0) is 12.3 Å². The molecule has 1 aliphatic heterocycles. The molecule has 0 aromatic carbocycles. The summed E-state index contributed by atoms with van der Waals surface area (Å²) in [5.41, 5.74) is 3.15. The monoisotopic (exact) mass is 268 g/mol. The lowest BCUT2D eigenvalue weighted by Crippen LogP contribution is -2.42. The van der Waals surface area contributed by atoms with Crippen molar-refractivity contribution in [2.24, 2.45) is 21.9 Å². The van der Waals surface area contributed by atoms with Crippen molar-refractivity contribution in [3.05, 3.63) is 12.8 Å². The fraction of sp³-hybridized carbons (Fsp3) is 0.692. The van der Waals surface area contributed by atoms with Gasteiger partial charge < -0.3 is 20.2 Å². The number of aliphatic imine (C=N–C) groups is 1. The maximum atomic E-state index is 5.29. The highest BCUT2D eigenvalue weighted by atomic mass is 16.5. The molecule has 0 aromatic heterocycles. The summed E-state index contributed by atoms with van der Waals surface area (Å²) in [5.74, 6) is 1.45. The van der Waals surface area contributed by atoms with E-state index in [0.717, 1.165) is 18.9 Å². The van der Waals surface area contributed by atoms with E-state index in [4.69, 9.17) is 9.47 Å². The van der Waals surface area contributed by atoms with Crippen LogP contribution in [0.15, 0.2) is 22.9 Å². The molecule has 6 nitrogen and oxygen atoms in total. The van der Waals surface area contributed by atoms with Gasteiger partial charge in [0.1, 0.15) is 0 Å². The lowest BCUT2D eigenvalue weighted by Gasteiger charge is -2.25. The summed E-state index contributed by atoms with van der Waals surface area (Å²) in [7, 11) is 3.24. The smallest absolute Gasteiger partial charge is 0.288 e. The minimum atomic E-state index is 0.259. The lowest BCUT2D eigenvalue weighted by atomic mass is 9.88. The van der Waals surface area contributed by atoms with E-state index in [0.29, 0.717) is 17.9 Å². The van der Waals surface area contributed by atoms with Crippen LogP contribution in [-0.2, 0) is 9.47 Å². The largest absolute Gasteiger partial charge is 0.483 e. The van der Waals surface area contributed by atoms with Gasteiger partial charge in [-0.3, -0.25) is 0 Å². The number of nitrogens with one attached hydrogen (secondary N) is 2. The maximum absolute atomic E-state index is 5.29. The molecule has 0 fully saturated rings. The molecule has 0 bridgehead atoms. The van der Waals surface area contributed by atoms with Gasteiger partial charge in [-0.15, -0.1) is 5.10 Å². The normalized spacial score (nSPS) is 24.2. The lowest BCUT2D eigenvalue weighted by molar-refractivity contribution is 0.303. The van der Waals surface area contributed by atoms with Crippen LogP contribution in [0.1, 0.15) is 20.3 Å². The molecule has 0 aromatic rings. The van der Waals surface area contributed by atoms with E-state index >= 15 is 0 Å². The highest BCUT2D eigenvalue weighted by molar-refractivity contribution is 5.80. The van der Waals surface area contributed by atoms with Crippen LogP contribution < -0.4 is 10.7 Å². The Balaban J connectivity index is 2.52. The Labute approximate surface area is 115 Å². The first-order chi connectivity index (χ1) is 9.17. The van der Waals surface area contributed by atoms with Gasteiger partial charge in [-0.1, -0.05) is 20.4 Å². The van der Waals surface area contributed by atoms with Crippen molar-refractivity contribution in [1.29, 1.82) is 0 Å². The topological polar surface area (TPSA) is 67.2 Å². The second-order valence-corrected chi connectivity index (χ2v) is 4.50. The molecule has 1 aliphatic rings. The quantitative estimate of drug-likeness (QED) is 0.583. The summed E-state index contributed by atoms with van der Waals surface area (Å²) in [6, 6.07) is 0.732. The van der Waals surface area contributed by atoms with Crippen molar-refractivity contribution in [3.63, 3.8) is 0 Å². The summed E-state index contributed by atoms with van der Waals surface area (Å²) in [4.78, 5) is 3.98. The molecule has 0 saturated carbocycles. The summed E-state index contributed by atoms with van der Waals surface area (Å²) in [6.07, 6.45) is 2.44. The van der Waals surface area contributed by atoms with Crippen molar-refractivity contribution < 1.29 is 9.47 Å². The van der Waals surface area contributed by atoms with Crippen molar-refractivity contribution in [2.45, 2.75) is 26.3 Å². The molecule has 19 heavy (non-hydrogen) atoms. The van der Waals surface area contributed by atoms with Crippen LogP contribution >= 0.6 is 0 Å². The number of hydrazone groups is 1. The van der Waals surface area contributed by atoms with E-state index in [9.17, 15) is 0 Å². The Morgan fingerprint density at radius 3 is 2.89 bits per heavy atom. The zero-order valence-corrected chi connectivity index (χ0v) is 12.1. The molecule has 1 rings (SSSR count). The molecule has 3 atom stereocenters. The Bertz CT molecular complexity index is 355. The molecule has 2 N–H and O–H groups in total. The number of amidine groups is 1. The average molecular weight is 268 g/mol. The van der Waals surface area contributed by atoms with Gasteiger partial charge in [0.2, 0.25) is 5.90 Å². The number of methoxy groups -OCH3 is 2. The molecular formula is C13H24N4O2. The number of hydrogen-bond donors (Lipinski definition) is 2. The second-order valence-electron chi connectivity index (χ2n) is 4.50. The third-order valence-electron chi connectivity index (χ3n) is 3.31. The van der Waals surface area contributed by atoms with Gasteiger partial charge in [0, 0.05) is 12.7 Å². The Hall–Kier alpha value is -1.72. The predicted molar refractivity (Wildman–Crippen MR) is 77.0 cm³/mol. The molecule has 0 spiro atoms. The minimum absolute atomic E-state index is 0.259. The van der Waals surface area contributed by atoms with Gasteiger partial charge >= 0.3 is 0 Å². The van der Waals surface area contributed by atoms with Gasteiger partial charge in [-0.25, -0.2) is 4.99 Å². The molecule has 0 saturated heterocycles. The maximum Gasteiger partial charge on any atom is 0.288 e. The molecule has 1 heterocycles. The fourth-order valence-corrected chi connectivity index (χ4v) is 2.24. The van der Waals surface area contributed by atoms with Crippen molar-refractivity contribution >= 4 is 11.9 Å². The standard InChI is InChI=1S/C13H24N4O2/c1-6-10-11(16-17-12(10)18-4)9(3)8-15-13(19-5)14-7-2/h7,9-11,16H,2,6,8H2,1,3-5H3,(H,14,15)/t9-,10?,11-/m0/s1. The molecule has 1 unspecified atom stereocenters. The van der Waals surface area contributed by atoms with Crippen LogP contribution in [-0.4, -0.2) is 38.7 Å². The van der Waals surface area contributed by atoms with Gasteiger partial charge in [0.05, 0.1) is 26.2 Å². The van der Waals surface area contributed by atoms with E-state index in [1.54, 1.807) is 14.2 Å². The van der Waals surface area contributed by atoms with Crippen LogP contribution in [0.25, 0.3) is 0 Å². The summed E-state index contributed by atoms with van der Waals surface area (Å²) in [5, 5.41) is 7.38. The SMILES string of the molecule is C=CN=C(NC[C@H](C)[C@@H]1NN=C(OC)C1CC)OC. The Morgan fingerprint density at radius 1 is 1.63 bits per heavy atom. The zero-order valence-electron chi connectivity index (χ0n) is 12.1. The van der Waals surface area contributed by atoms with E-state index in [-0.39, 0.29) is 6.04 Å². The third-order valence-corrected chi connectivity index (χ3v) is 3.31. The van der Waals surface area contributed by atoms with Crippen LogP contribution in [0.5, 0.6) is 0 Å². The van der Waals surface area contributed by atoms with E-state index < -0.39 is 0 Å². The molecular weight excluding hydrogens is 244 g/mol. The van der Waals surface area contributed by atoms with Crippen LogP contribution in [0, 0.1) is 11.8 Å². The first kappa shape index (κ1) is 15.3. The first-order valence-corrected chi connectivity index (χ1v) is 6.51. The minimum Gasteiger partial charge on any atom is -0.483 e. The van der Waals surface area contributed by atoms with E-state index in [1.807, 2.05) is 0 Å². The predicted octanol–water partition coefficient (Wildman–Crippen LogP) is 1.32. The van der Waals surface area contributed by atoms with Crippen molar-refractivity contribution in [2.75, 3.05) is 20.8 Å². The zero-order chi connectivity index (χ0) is 14.3. The molecule has 0 aliphatic carbocycles. The van der Waals surface area contributed by atoms with Crippen LogP contribution in [0.4, 0.5) is 0 Å². The Kier molecular flexibility index (Phi) is 6.18. The Morgan fingerprint density at radius 2 is 2.37 bits per heavy atom. The molecule has 0 amide bonds. The fourth-order valence-electron chi connectivity index (χ4n) is 2.24. The van der Waals surface area contributed by atoms with Crippen molar-refractivity contribution in [3.8, 4) is 0 Å². The van der Waals surface area contributed by atoms with E-state index in [1.165, 1.54) is 6.20 Å². The second kappa shape index (κ2) is 7.66. The van der Waals surface area contributed by atoms with Gasteiger partial charge in [0.15, 0.2) is 0 Å². The van der Waals surface area contributed by atoms with E-state index in [2.05, 4.69) is 41.3 Å². The van der Waals surface area contributed by atoms with Crippen molar-refractivity contribution in [1.82, 2.24) is 10.7 Å². The number of hydrogen-bond acceptors (Lipinski definition) is 5. The van der Waals surface area contributed by atoms with Crippen LogP contribution in [0.3, 0.4) is 0 Å². The molecule has 0 radical (unpaired) electrons. The number of nitrogens with zero attached hydrogens (tertiary/aromatic N) is 2. The average Bonchev–Trinajstić information content (AvgIpc) is 2.85.